The van der Waals surface area contributed by atoms with Crippen molar-refractivity contribution in [1.82, 2.24) is 9.80 Å². The lowest BCUT2D eigenvalue weighted by Gasteiger charge is -2.22. The zero-order valence-corrected chi connectivity index (χ0v) is 15.0. The fraction of sp³-hybridized carbons (Fsp3) is 0.611. The number of sulfone groups is 1. The Labute approximate surface area is 144 Å². The minimum Gasteiger partial charge on any atom is -0.341 e. The maximum absolute atomic E-state index is 12.7. The standard InChI is InChI=1S/C18H26N2O3S/c1-24(22,23)13-12-19-8-5-9-20(11-10-19)18(21)17-14-16(17)15-6-3-2-4-7-15/h2-4,6-7,16-17H,5,8-14H2,1H3/t16-,17+/m0/s1. The summed E-state index contributed by atoms with van der Waals surface area (Å²) in [7, 11) is -2.93. The first-order chi connectivity index (χ1) is 11.4. The molecule has 3 rings (SSSR count). The summed E-state index contributed by atoms with van der Waals surface area (Å²) in [6.07, 6.45) is 3.15. The van der Waals surface area contributed by atoms with Gasteiger partial charge in [-0.2, -0.15) is 0 Å². The predicted octanol–water partition coefficient (Wildman–Crippen LogP) is 1.37. The summed E-state index contributed by atoms with van der Waals surface area (Å²) >= 11 is 0. The molecule has 0 spiro atoms. The third kappa shape index (κ3) is 4.57. The Hall–Kier alpha value is -1.40. The van der Waals surface area contributed by atoms with Gasteiger partial charge in [-0.15, -0.1) is 0 Å². The maximum atomic E-state index is 12.7. The van der Waals surface area contributed by atoms with Crippen molar-refractivity contribution in [3.8, 4) is 0 Å². The molecule has 2 aliphatic rings. The fourth-order valence-corrected chi connectivity index (χ4v) is 4.07. The minimum absolute atomic E-state index is 0.134. The Morgan fingerprint density at radius 1 is 1.12 bits per heavy atom. The summed E-state index contributed by atoms with van der Waals surface area (Å²) in [4.78, 5) is 16.9. The van der Waals surface area contributed by atoms with E-state index in [2.05, 4.69) is 17.0 Å². The van der Waals surface area contributed by atoms with E-state index in [0.717, 1.165) is 32.5 Å². The molecule has 1 aromatic carbocycles. The number of carbonyl (C=O) groups is 1. The van der Waals surface area contributed by atoms with Crippen LogP contribution in [0.4, 0.5) is 0 Å². The third-order valence-electron chi connectivity index (χ3n) is 5.01. The monoisotopic (exact) mass is 350 g/mol. The molecule has 2 atom stereocenters. The second-order valence-corrected chi connectivity index (χ2v) is 9.27. The number of carbonyl (C=O) groups excluding carboxylic acids is 1. The zero-order valence-electron chi connectivity index (χ0n) is 14.2. The van der Waals surface area contributed by atoms with Gasteiger partial charge in [-0.3, -0.25) is 4.79 Å². The molecule has 1 aliphatic heterocycles. The predicted molar refractivity (Wildman–Crippen MR) is 94.6 cm³/mol. The average Bonchev–Trinajstić information content (AvgIpc) is 3.36. The van der Waals surface area contributed by atoms with Crippen molar-refractivity contribution in [2.45, 2.75) is 18.8 Å². The highest BCUT2D eigenvalue weighted by Crippen LogP contribution is 2.48. The van der Waals surface area contributed by atoms with Gasteiger partial charge in [0.15, 0.2) is 0 Å². The van der Waals surface area contributed by atoms with Crippen molar-refractivity contribution in [2.75, 3.05) is 44.7 Å². The number of nitrogens with zero attached hydrogens (tertiary/aromatic N) is 2. The van der Waals surface area contributed by atoms with Crippen molar-refractivity contribution >= 4 is 15.7 Å². The average molecular weight is 350 g/mol. The molecule has 1 aliphatic carbocycles. The van der Waals surface area contributed by atoms with E-state index in [0.29, 0.717) is 19.0 Å². The van der Waals surface area contributed by atoms with E-state index < -0.39 is 9.84 Å². The van der Waals surface area contributed by atoms with Gasteiger partial charge in [0.05, 0.1) is 5.75 Å². The lowest BCUT2D eigenvalue weighted by atomic mass is 10.1. The SMILES string of the molecule is CS(=O)(=O)CCN1CCCN(C(=O)[C@@H]2C[C@H]2c2ccccc2)CC1. The van der Waals surface area contributed by atoms with Crippen LogP contribution in [0.15, 0.2) is 30.3 Å². The van der Waals surface area contributed by atoms with Gasteiger partial charge in [-0.1, -0.05) is 30.3 Å². The lowest BCUT2D eigenvalue weighted by molar-refractivity contribution is -0.132. The van der Waals surface area contributed by atoms with E-state index in [1.807, 2.05) is 23.1 Å². The van der Waals surface area contributed by atoms with Gasteiger partial charge in [0.25, 0.3) is 0 Å². The normalized spacial score (nSPS) is 25.3. The van der Waals surface area contributed by atoms with Crippen molar-refractivity contribution in [3.63, 3.8) is 0 Å². The van der Waals surface area contributed by atoms with Crippen molar-refractivity contribution in [1.29, 1.82) is 0 Å². The first-order valence-electron chi connectivity index (χ1n) is 8.68. The molecule has 1 saturated heterocycles. The fourth-order valence-electron chi connectivity index (χ4n) is 3.48. The van der Waals surface area contributed by atoms with Crippen LogP contribution in [0.1, 0.15) is 24.3 Å². The Bertz CT molecular complexity index is 675. The third-order valence-corrected chi connectivity index (χ3v) is 5.94. The molecule has 2 fully saturated rings. The summed E-state index contributed by atoms with van der Waals surface area (Å²) < 4.78 is 22.6. The van der Waals surface area contributed by atoms with Gasteiger partial charge in [0, 0.05) is 38.4 Å². The maximum Gasteiger partial charge on any atom is 0.226 e. The second kappa shape index (κ2) is 7.23. The van der Waals surface area contributed by atoms with Gasteiger partial charge >= 0.3 is 0 Å². The van der Waals surface area contributed by atoms with Gasteiger partial charge in [-0.05, 0) is 30.9 Å². The topological polar surface area (TPSA) is 57.7 Å². The molecule has 1 amide bonds. The van der Waals surface area contributed by atoms with Crippen LogP contribution in [0, 0.1) is 5.92 Å². The van der Waals surface area contributed by atoms with Crippen LogP contribution < -0.4 is 0 Å². The molecule has 132 valence electrons. The quantitative estimate of drug-likeness (QED) is 0.805. The van der Waals surface area contributed by atoms with E-state index in [1.54, 1.807) is 0 Å². The van der Waals surface area contributed by atoms with Gasteiger partial charge in [0.1, 0.15) is 9.84 Å². The van der Waals surface area contributed by atoms with Crippen molar-refractivity contribution in [3.05, 3.63) is 35.9 Å². The molecule has 5 nitrogen and oxygen atoms in total. The molecule has 0 bridgehead atoms. The van der Waals surface area contributed by atoms with E-state index >= 15 is 0 Å². The van der Waals surface area contributed by atoms with Crippen LogP contribution >= 0.6 is 0 Å². The van der Waals surface area contributed by atoms with E-state index in [1.165, 1.54) is 11.8 Å². The highest BCUT2D eigenvalue weighted by Gasteiger charge is 2.45. The van der Waals surface area contributed by atoms with Crippen LogP contribution in [-0.2, 0) is 14.6 Å². The molecule has 0 N–H and O–H groups in total. The first-order valence-corrected chi connectivity index (χ1v) is 10.7. The summed E-state index contributed by atoms with van der Waals surface area (Å²) in [6, 6.07) is 10.3. The molecule has 0 radical (unpaired) electrons. The number of rotatable bonds is 5. The summed E-state index contributed by atoms with van der Waals surface area (Å²) in [5, 5.41) is 0. The summed E-state index contributed by atoms with van der Waals surface area (Å²) in [5.41, 5.74) is 1.26. The Kier molecular flexibility index (Phi) is 5.25. The number of benzene rings is 1. The van der Waals surface area contributed by atoms with E-state index in [9.17, 15) is 13.2 Å². The highest BCUT2D eigenvalue weighted by atomic mass is 32.2. The summed E-state index contributed by atoms with van der Waals surface area (Å²) in [5.74, 6) is 0.978. The molecule has 0 unspecified atom stereocenters. The highest BCUT2D eigenvalue weighted by molar-refractivity contribution is 7.90. The smallest absolute Gasteiger partial charge is 0.226 e. The van der Waals surface area contributed by atoms with Crippen LogP contribution in [0.2, 0.25) is 0 Å². The van der Waals surface area contributed by atoms with Gasteiger partial charge < -0.3 is 9.80 Å². The number of amides is 1. The van der Waals surface area contributed by atoms with Crippen molar-refractivity contribution < 1.29 is 13.2 Å². The van der Waals surface area contributed by atoms with E-state index in [-0.39, 0.29) is 17.6 Å². The molecule has 24 heavy (non-hydrogen) atoms. The van der Waals surface area contributed by atoms with Crippen LogP contribution in [0.25, 0.3) is 0 Å². The molecule has 1 heterocycles. The van der Waals surface area contributed by atoms with Gasteiger partial charge in [0.2, 0.25) is 5.91 Å². The summed E-state index contributed by atoms with van der Waals surface area (Å²) in [6.45, 7) is 3.69. The second-order valence-electron chi connectivity index (χ2n) is 7.01. The molecule has 0 aromatic heterocycles. The number of hydrogen-bond donors (Lipinski definition) is 0. The molecular formula is C18H26N2O3S. The number of hydrogen-bond acceptors (Lipinski definition) is 4. The molecule has 1 saturated carbocycles. The van der Waals surface area contributed by atoms with Crippen LogP contribution in [0.3, 0.4) is 0 Å². The minimum atomic E-state index is -2.93. The van der Waals surface area contributed by atoms with Crippen molar-refractivity contribution in [2.24, 2.45) is 5.92 Å². The Morgan fingerprint density at radius 3 is 2.58 bits per heavy atom. The lowest BCUT2D eigenvalue weighted by Crippen LogP contribution is -2.37. The molecular weight excluding hydrogens is 324 g/mol. The largest absolute Gasteiger partial charge is 0.341 e. The molecule has 1 aromatic rings. The first kappa shape index (κ1) is 17.4. The van der Waals surface area contributed by atoms with Crippen LogP contribution in [-0.4, -0.2) is 68.9 Å². The van der Waals surface area contributed by atoms with Gasteiger partial charge in [-0.25, -0.2) is 8.42 Å². The Morgan fingerprint density at radius 2 is 1.88 bits per heavy atom. The zero-order chi connectivity index (χ0) is 17.2. The van der Waals surface area contributed by atoms with Crippen LogP contribution in [0.5, 0.6) is 0 Å². The molecule has 6 heteroatoms. The Balaban J connectivity index is 1.50. The van der Waals surface area contributed by atoms with E-state index in [4.69, 9.17) is 0 Å².